The number of hydrogen-bond acceptors (Lipinski definition) is 4. The molecule has 0 radical (unpaired) electrons. The lowest BCUT2D eigenvalue weighted by Crippen LogP contribution is -2.33. The fraction of sp³-hybridized carbons (Fsp3) is 0.350. The Balaban J connectivity index is 1.40. The molecule has 0 spiro atoms. The Bertz CT molecular complexity index is 933. The van der Waals surface area contributed by atoms with Gasteiger partial charge in [0.2, 0.25) is 0 Å². The van der Waals surface area contributed by atoms with Crippen LogP contribution in [0.25, 0.3) is 11.0 Å². The zero-order valence-corrected chi connectivity index (χ0v) is 15.1. The number of pyridine rings is 1. The van der Waals surface area contributed by atoms with Crippen molar-refractivity contribution in [3.63, 3.8) is 0 Å². The van der Waals surface area contributed by atoms with Gasteiger partial charge in [0.1, 0.15) is 11.6 Å². The van der Waals surface area contributed by atoms with Crippen LogP contribution >= 0.6 is 0 Å². The maximum atomic E-state index is 12.5. The second-order valence-electron chi connectivity index (χ2n) is 6.82. The van der Waals surface area contributed by atoms with Crippen molar-refractivity contribution in [3.05, 3.63) is 54.1 Å². The molecule has 1 amide bonds. The molecule has 1 aliphatic heterocycles. The van der Waals surface area contributed by atoms with E-state index in [4.69, 9.17) is 9.72 Å². The molecule has 26 heavy (non-hydrogen) atoms. The number of benzene rings is 1. The van der Waals surface area contributed by atoms with Gasteiger partial charge < -0.3 is 14.2 Å². The largest absolute Gasteiger partial charge is 0.484 e. The highest BCUT2D eigenvalue weighted by Crippen LogP contribution is 2.28. The lowest BCUT2D eigenvalue weighted by Gasteiger charge is -2.17. The highest BCUT2D eigenvalue weighted by atomic mass is 16.5. The molecule has 6 nitrogen and oxygen atoms in total. The van der Waals surface area contributed by atoms with Crippen molar-refractivity contribution in [2.24, 2.45) is 7.05 Å². The number of nitrogens with zero attached hydrogens (tertiary/aromatic N) is 4. The van der Waals surface area contributed by atoms with Crippen molar-refractivity contribution in [1.29, 1.82) is 0 Å². The Hall–Kier alpha value is -2.89. The van der Waals surface area contributed by atoms with E-state index in [0.29, 0.717) is 6.54 Å². The molecular weight excluding hydrogens is 328 g/mol. The van der Waals surface area contributed by atoms with Gasteiger partial charge in [-0.05, 0) is 31.5 Å². The monoisotopic (exact) mass is 350 g/mol. The molecule has 1 aromatic carbocycles. The Morgan fingerprint density at radius 3 is 2.85 bits per heavy atom. The van der Waals surface area contributed by atoms with Gasteiger partial charge in [-0.2, -0.15) is 0 Å². The first-order valence-corrected chi connectivity index (χ1v) is 8.85. The Morgan fingerprint density at radius 2 is 2.08 bits per heavy atom. The van der Waals surface area contributed by atoms with E-state index in [-0.39, 0.29) is 18.4 Å². The number of imidazole rings is 1. The van der Waals surface area contributed by atoms with Crippen molar-refractivity contribution in [1.82, 2.24) is 19.4 Å². The molecule has 134 valence electrons. The van der Waals surface area contributed by atoms with Crippen LogP contribution in [0.15, 0.2) is 42.7 Å². The molecule has 2 aromatic heterocycles. The van der Waals surface area contributed by atoms with Gasteiger partial charge in [0.25, 0.3) is 5.91 Å². The number of carbonyl (C=O) groups excluding carboxylic acids is 1. The van der Waals surface area contributed by atoms with E-state index in [1.54, 1.807) is 6.20 Å². The standard InChI is InChI=1S/C20H22N4O2/c1-14-3-5-16(6-4-14)26-13-19(25)24-10-8-15(12-24)20-22-17-7-9-21-11-18(17)23(20)2/h3-7,9,11,15H,8,10,12-13H2,1-2H3. The van der Waals surface area contributed by atoms with E-state index >= 15 is 0 Å². The summed E-state index contributed by atoms with van der Waals surface area (Å²) in [6.45, 7) is 3.52. The lowest BCUT2D eigenvalue weighted by atomic mass is 10.1. The van der Waals surface area contributed by atoms with Gasteiger partial charge in [-0.1, -0.05) is 17.7 Å². The molecule has 0 aliphatic carbocycles. The molecule has 1 saturated heterocycles. The summed E-state index contributed by atoms with van der Waals surface area (Å²) in [5.74, 6) is 2.01. The third-order valence-electron chi connectivity index (χ3n) is 5.01. The molecular formula is C20H22N4O2. The molecule has 0 saturated carbocycles. The first-order valence-electron chi connectivity index (χ1n) is 8.85. The predicted molar refractivity (Wildman–Crippen MR) is 99.1 cm³/mol. The number of fused-ring (bicyclic) bond motifs is 1. The maximum absolute atomic E-state index is 12.5. The number of carbonyl (C=O) groups is 1. The van der Waals surface area contributed by atoms with Crippen LogP contribution in [-0.4, -0.2) is 45.0 Å². The Kier molecular flexibility index (Phi) is 4.32. The van der Waals surface area contributed by atoms with Crippen LogP contribution in [0.3, 0.4) is 0 Å². The highest BCUT2D eigenvalue weighted by Gasteiger charge is 2.30. The molecule has 0 N–H and O–H groups in total. The van der Waals surface area contributed by atoms with E-state index in [2.05, 4.69) is 9.55 Å². The van der Waals surface area contributed by atoms with Crippen molar-refractivity contribution in [2.75, 3.05) is 19.7 Å². The van der Waals surface area contributed by atoms with Crippen LogP contribution in [0, 0.1) is 6.92 Å². The van der Waals surface area contributed by atoms with E-state index in [9.17, 15) is 4.79 Å². The summed E-state index contributed by atoms with van der Waals surface area (Å²) in [7, 11) is 2.01. The van der Waals surface area contributed by atoms with Crippen LogP contribution < -0.4 is 4.74 Å². The summed E-state index contributed by atoms with van der Waals surface area (Å²) in [5, 5.41) is 0. The number of amides is 1. The predicted octanol–water partition coefficient (Wildman–Crippen LogP) is 2.67. The van der Waals surface area contributed by atoms with Gasteiger partial charge in [0.05, 0.1) is 17.2 Å². The quantitative estimate of drug-likeness (QED) is 0.726. The summed E-state index contributed by atoms with van der Waals surface area (Å²) in [6.07, 6.45) is 4.51. The van der Waals surface area contributed by atoms with Gasteiger partial charge in [0.15, 0.2) is 6.61 Å². The highest BCUT2D eigenvalue weighted by molar-refractivity contribution is 5.78. The molecule has 0 bridgehead atoms. The summed E-state index contributed by atoms with van der Waals surface area (Å²) in [5.41, 5.74) is 3.14. The average Bonchev–Trinajstić information content (AvgIpc) is 3.26. The third kappa shape index (κ3) is 3.14. The molecule has 6 heteroatoms. The third-order valence-corrected chi connectivity index (χ3v) is 5.01. The normalized spacial score (nSPS) is 17.0. The fourth-order valence-electron chi connectivity index (χ4n) is 3.49. The van der Waals surface area contributed by atoms with Gasteiger partial charge in [-0.25, -0.2) is 4.98 Å². The van der Waals surface area contributed by atoms with Crippen LogP contribution in [0.2, 0.25) is 0 Å². The molecule has 1 aliphatic rings. The summed E-state index contributed by atoms with van der Waals surface area (Å²) < 4.78 is 7.71. The van der Waals surface area contributed by atoms with Gasteiger partial charge in [-0.3, -0.25) is 9.78 Å². The first kappa shape index (κ1) is 16.6. The smallest absolute Gasteiger partial charge is 0.260 e. The topological polar surface area (TPSA) is 60.2 Å². The number of rotatable bonds is 4. The number of aryl methyl sites for hydroxylation is 2. The van der Waals surface area contributed by atoms with Crippen molar-refractivity contribution < 1.29 is 9.53 Å². The molecule has 1 unspecified atom stereocenters. The minimum absolute atomic E-state index is 0.0218. The summed E-state index contributed by atoms with van der Waals surface area (Å²) in [4.78, 5) is 23.3. The molecule has 1 fully saturated rings. The van der Waals surface area contributed by atoms with Gasteiger partial charge in [0, 0.05) is 32.3 Å². The number of aromatic nitrogens is 3. The molecule has 3 heterocycles. The van der Waals surface area contributed by atoms with Crippen molar-refractivity contribution in [3.8, 4) is 5.75 Å². The lowest BCUT2D eigenvalue weighted by molar-refractivity contribution is -0.132. The van der Waals surface area contributed by atoms with E-state index in [1.807, 2.05) is 55.4 Å². The summed E-state index contributed by atoms with van der Waals surface area (Å²) >= 11 is 0. The Labute approximate surface area is 152 Å². The maximum Gasteiger partial charge on any atom is 0.260 e. The minimum Gasteiger partial charge on any atom is -0.484 e. The van der Waals surface area contributed by atoms with E-state index in [0.717, 1.165) is 35.6 Å². The number of ether oxygens (including phenoxy) is 1. The zero-order valence-electron chi connectivity index (χ0n) is 15.1. The van der Waals surface area contributed by atoms with Crippen LogP contribution in [0.4, 0.5) is 0 Å². The first-order chi connectivity index (χ1) is 12.6. The number of hydrogen-bond donors (Lipinski definition) is 0. The van der Waals surface area contributed by atoms with Crippen LogP contribution in [0.1, 0.15) is 23.7 Å². The van der Waals surface area contributed by atoms with Crippen LogP contribution in [-0.2, 0) is 11.8 Å². The van der Waals surface area contributed by atoms with Crippen molar-refractivity contribution in [2.45, 2.75) is 19.3 Å². The van der Waals surface area contributed by atoms with Gasteiger partial charge >= 0.3 is 0 Å². The number of likely N-dealkylation sites (tertiary alicyclic amines) is 1. The second kappa shape index (κ2) is 6.78. The van der Waals surface area contributed by atoms with Crippen molar-refractivity contribution >= 4 is 16.9 Å². The average molecular weight is 350 g/mol. The second-order valence-corrected chi connectivity index (χ2v) is 6.82. The Morgan fingerprint density at radius 1 is 1.27 bits per heavy atom. The minimum atomic E-state index is 0.0218. The summed E-state index contributed by atoms with van der Waals surface area (Å²) in [6, 6.07) is 9.66. The zero-order chi connectivity index (χ0) is 18.1. The molecule has 4 rings (SSSR count). The van der Waals surface area contributed by atoms with Gasteiger partial charge in [-0.15, -0.1) is 0 Å². The van der Waals surface area contributed by atoms with E-state index in [1.165, 1.54) is 5.56 Å². The molecule has 1 atom stereocenters. The molecule has 3 aromatic rings. The van der Waals surface area contributed by atoms with Crippen LogP contribution in [0.5, 0.6) is 5.75 Å². The van der Waals surface area contributed by atoms with E-state index < -0.39 is 0 Å². The fourth-order valence-corrected chi connectivity index (χ4v) is 3.49. The SMILES string of the molecule is Cc1ccc(OCC(=O)N2CCC(c3nc4ccncc4n3C)C2)cc1.